The Labute approximate surface area is 136 Å². The normalized spacial score (nSPS) is 33.9. The topological polar surface area (TPSA) is 57.6 Å². The van der Waals surface area contributed by atoms with E-state index in [0.717, 1.165) is 31.2 Å². The van der Waals surface area contributed by atoms with E-state index in [1.807, 2.05) is 30.3 Å². The molecule has 0 radical (unpaired) electrons. The van der Waals surface area contributed by atoms with Crippen LogP contribution in [0.5, 0.6) is 0 Å². The second kappa shape index (κ2) is 5.75. The molecule has 3 saturated carbocycles. The first-order valence-corrected chi connectivity index (χ1v) is 8.72. The van der Waals surface area contributed by atoms with Gasteiger partial charge >= 0.3 is 0 Å². The van der Waals surface area contributed by atoms with Gasteiger partial charge in [0, 0.05) is 0 Å². The molecule has 2 unspecified atom stereocenters. The molecular formula is C19H23NO3. The summed E-state index contributed by atoms with van der Waals surface area (Å²) in [5.74, 6) is 0.485. The fraction of sp³-hybridized carbons (Fsp3) is 0.579. The van der Waals surface area contributed by atoms with Gasteiger partial charge in [-0.1, -0.05) is 30.3 Å². The van der Waals surface area contributed by atoms with Gasteiger partial charge in [0.15, 0.2) is 0 Å². The van der Waals surface area contributed by atoms with Crippen LogP contribution in [0.1, 0.15) is 31.2 Å². The van der Waals surface area contributed by atoms with Gasteiger partial charge < -0.3 is 5.11 Å². The van der Waals surface area contributed by atoms with E-state index in [2.05, 4.69) is 0 Å². The highest BCUT2D eigenvalue weighted by Gasteiger charge is 2.58. The van der Waals surface area contributed by atoms with Crippen molar-refractivity contribution >= 4 is 11.8 Å². The van der Waals surface area contributed by atoms with Crippen LogP contribution in [0, 0.1) is 23.7 Å². The van der Waals surface area contributed by atoms with Gasteiger partial charge in [-0.05, 0) is 49.5 Å². The minimum absolute atomic E-state index is 0.0237. The zero-order chi connectivity index (χ0) is 16.0. The number of nitrogens with zero attached hydrogens (tertiary/aromatic N) is 1. The van der Waals surface area contributed by atoms with Crippen LogP contribution in [0.15, 0.2) is 30.3 Å². The summed E-state index contributed by atoms with van der Waals surface area (Å²) in [6.45, 7) is -0.166. The number of amides is 2. The van der Waals surface area contributed by atoms with E-state index in [1.54, 1.807) is 0 Å². The average molecular weight is 313 g/mol. The lowest BCUT2D eigenvalue weighted by Gasteiger charge is -2.42. The minimum Gasteiger partial charge on any atom is -0.394 e. The van der Waals surface area contributed by atoms with Gasteiger partial charge in [-0.3, -0.25) is 14.5 Å². The molecule has 4 aliphatic rings. The second-order valence-electron chi connectivity index (χ2n) is 7.30. The molecule has 122 valence electrons. The maximum absolute atomic E-state index is 12.9. The van der Waals surface area contributed by atoms with Crippen molar-refractivity contribution in [2.75, 3.05) is 6.61 Å². The first-order valence-electron chi connectivity index (χ1n) is 8.72. The van der Waals surface area contributed by atoms with E-state index in [1.165, 1.54) is 4.90 Å². The summed E-state index contributed by atoms with van der Waals surface area (Å²) >= 11 is 0. The van der Waals surface area contributed by atoms with Crippen LogP contribution < -0.4 is 0 Å². The standard InChI is InChI=1S/C19H23NO3/c21-11-15(10-12-4-2-1-3-5-12)20-18(22)16-13-6-7-14(9-8-13)17(16)19(20)23/h1-5,13-17,21H,6-11H2/t13?,14?,15-,16?,17?/m0/s1. The van der Waals surface area contributed by atoms with Gasteiger partial charge in [0.1, 0.15) is 0 Å². The molecule has 1 aromatic carbocycles. The van der Waals surface area contributed by atoms with Crippen molar-refractivity contribution in [2.24, 2.45) is 23.7 Å². The largest absolute Gasteiger partial charge is 0.394 e. The molecule has 4 fully saturated rings. The van der Waals surface area contributed by atoms with Crippen molar-refractivity contribution in [3.05, 3.63) is 35.9 Å². The molecular weight excluding hydrogens is 290 g/mol. The molecule has 1 N–H and O–H groups in total. The Balaban J connectivity index is 1.60. The Morgan fingerprint density at radius 3 is 1.96 bits per heavy atom. The van der Waals surface area contributed by atoms with E-state index in [4.69, 9.17) is 0 Å². The molecule has 4 nitrogen and oxygen atoms in total. The predicted molar refractivity (Wildman–Crippen MR) is 85.3 cm³/mol. The first-order chi connectivity index (χ1) is 11.2. The molecule has 4 heteroatoms. The maximum atomic E-state index is 12.9. The van der Waals surface area contributed by atoms with Crippen LogP contribution in [-0.4, -0.2) is 34.5 Å². The molecule has 1 heterocycles. The summed E-state index contributed by atoms with van der Waals surface area (Å²) in [7, 11) is 0. The van der Waals surface area contributed by atoms with E-state index < -0.39 is 6.04 Å². The van der Waals surface area contributed by atoms with Crippen LogP contribution in [-0.2, 0) is 16.0 Å². The number of carbonyl (C=O) groups is 2. The molecule has 2 amide bonds. The number of hydrogen-bond donors (Lipinski definition) is 1. The molecule has 0 aromatic heterocycles. The van der Waals surface area contributed by atoms with E-state index in [-0.39, 0.29) is 30.3 Å². The van der Waals surface area contributed by atoms with Crippen LogP contribution in [0.3, 0.4) is 0 Å². The van der Waals surface area contributed by atoms with Gasteiger partial charge in [0.05, 0.1) is 24.5 Å². The fourth-order valence-corrected chi connectivity index (χ4v) is 5.07. The molecule has 5 rings (SSSR count). The molecule has 1 saturated heterocycles. The molecule has 0 spiro atoms. The van der Waals surface area contributed by atoms with E-state index in [9.17, 15) is 14.7 Å². The zero-order valence-corrected chi connectivity index (χ0v) is 13.2. The van der Waals surface area contributed by atoms with Crippen molar-refractivity contribution in [2.45, 2.75) is 38.1 Å². The minimum atomic E-state index is -0.428. The van der Waals surface area contributed by atoms with E-state index in [0.29, 0.717) is 18.3 Å². The molecule has 3 atom stereocenters. The SMILES string of the molecule is O=C1C2C3CCC(CC3)C2C(=O)N1[C@H](CO)Cc1ccccc1. The third kappa shape index (κ3) is 2.31. The van der Waals surface area contributed by atoms with Crippen molar-refractivity contribution in [1.82, 2.24) is 4.90 Å². The number of rotatable bonds is 4. The second-order valence-corrected chi connectivity index (χ2v) is 7.30. The monoisotopic (exact) mass is 313 g/mol. The highest BCUT2D eigenvalue weighted by atomic mass is 16.3. The van der Waals surface area contributed by atoms with Crippen LogP contribution in [0.2, 0.25) is 0 Å². The lowest BCUT2D eigenvalue weighted by Crippen LogP contribution is -2.44. The summed E-state index contributed by atoms with van der Waals surface area (Å²) in [6.07, 6.45) is 4.87. The average Bonchev–Trinajstić information content (AvgIpc) is 2.88. The third-order valence-corrected chi connectivity index (χ3v) is 6.15. The Morgan fingerprint density at radius 1 is 0.957 bits per heavy atom. The highest BCUT2D eigenvalue weighted by Crippen LogP contribution is 2.53. The lowest BCUT2D eigenvalue weighted by atomic mass is 9.59. The Bertz CT molecular complexity index is 576. The molecule has 23 heavy (non-hydrogen) atoms. The zero-order valence-electron chi connectivity index (χ0n) is 13.2. The Morgan fingerprint density at radius 2 is 1.48 bits per heavy atom. The van der Waals surface area contributed by atoms with Crippen LogP contribution in [0.4, 0.5) is 0 Å². The smallest absolute Gasteiger partial charge is 0.233 e. The Kier molecular flexibility index (Phi) is 3.72. The third-order valence-electron chi connectivity index (χ3n) is 6.15. The fourth-order valence-electron chi connectivity index (χ4n) is 5.07. The van der Waals surface area contributed by atoms with Crippen molar-refractivity contribution in [3.63, 3.8) is 0 Å². The summed E-state index contributed by atoms with van der Waals surface area (Å²) in [5.41, 5.74) is 1.05. The van der Waals surface area contributed by atoms with Crippen LogP contribution >= 0.6 is 0 Å². The van der Waals surface area contributed by atoms with Gasteiger partial charge in [-0.15, -0.1) is 0 Å². The van der Waals surface area contributed by atoms with Gasteiger partial charge in [-0.25, -0.2) is 0 Å². The van der Waals surface area contributed by atoms with Crippen molar-refractivity contribution < 1.29 is 14.7 Å². The highest BCUT2D eigenvalue weighted by molar-refractivity contribution is 6.06. The molecule has 1 aliphatic heterocycles. The first kappa shape index (κ1) is 14.9. The van der Waals surface area contributed by atoms with Gasteiger partial charge in [0.25, 0.3) is 0 Å². The summed E-state index contributed by atoms with van der Waals surface area (Å²) in [6, 6.07) is 9.35. The number of aliphatic hydroxyl groups excluding tert-OH is 1. The molecule has 2 bridgehead atoms. The van der Waals surface area contributed by atoms with Crippen LogP contribution in [0.25, 0.3) is 0 Å². The van der Waals surface area contributed by atoms with Gasteiger partial charge in [0.2, 0.25) is 11.8 Å². The molecule has 3 aliphatic carbocycles. The number of benzene rings is 1. The number of carbonyl (C=O) groups excluding carboxylic acids is 2. The van der Waals surface area contributed by atoms with E-state index >= 15 is 0 Å². The summed E-state index contributed by atoms with van der Waals surface area (Å²) < 4.78 is 0. The summed E-state index contributed by atoms with van der Waals surface area (Å²) in [5, 5.41) is 9.82. The maximum Gasteiger partial charge on any atom is 0.233 e. The lowest BCUT2D eigenvalue weighted by molar-refractivity contribution is -0.143. The quantitative estimate of drug-likeness (QED) is 0.865. The molecule has 1 aromatic rings. The Hall–Kier alpha value is -1.68. The van der Waals surface area contributed by atoms with Crippen molar-refractivity contribution in [3.8, 4) is 0 Å². The van der Waals surface area contributed by atoms with Gasteiger partial charge in [-0.2, -0.15) is 0 Å². The summed E-state index contributed by atoms with van der Waals surface area (Å²) in [4.78, 5) is 27.3. The number of fused-ring (bicyclic) bond motifs is 2. The number of imide groups is 1. The predicted octanol–water partition coefficient (Wildman–Crippen LogP) is 2.01. The number of aliphatic hydroxyl groups is 1. The van der Waals surface area contributed by atoms with Crippen molar-refractivity contribution in [1.29, 1.82) is 0 Å². The number of hydrogen-bond acceptors (Lipinski definition) is 3. The number of likely N-dealkylation sites (tertiary alicyclic amines) is 1.